The molecule has 156 valence electrons. The van der Waals surface area contributed by atoms with Crippen LogP contribution in [0.3, 0.4) is 0 Å². The Hall–Kier alpha value is -1.68. The maximum atomic E-state index is 6.76. The van der Waals surface area contributed by atoms with Gasteiger partial charge >= 0.3 is 0 Å². The van der Waals surface area contributed by atoms with Gasteiger partial charge in [0.25, 0.3) is 0 Å². The Bertz CT molecular complexity index is 705. The molecule has 2 fully saturated rings. The number of unbranched alkanes of at least 4 members (excludes halogenated alkanes) is 5. The highest BCUT2D eigenvalue weighted by molar-refractivity contribution is 5.35. The molecule has 2 saturated heterocycles. The molecular weight excluding hydrogens is 358 g/mol. The second-order valence-electron chi connectivity index (χ2n) is 9.14. The number of nitrogens with zero attached hydrogens (tertiary/aromatic N) is 1. The van der Waals surface area contributed by atoms with Crippen molar-refractivity contribution in [3.05, 3.63) is 71.8 Å². The molecule has 0 aliphatic carbocycles. The Labute approximate surface area is 176 Å². The molecule has 2 heterocycles. The van der Waals surface area contributed by atoms with Gasteiger partial charge in [0.05, 0.1) is 13.6 Å². The van der Waals surface area contributed by atoms with Crippen molar-refractivity contribution in [2.45, 2.75) is 63.4 Å². The number of fused-ring (bicyclic) bond motifs is 1. The average Bonchev–Trinajstić information content (AvgIpc) is 3.25. The second kappa shape index (κ2) is 8.99. The van der Waals surface area contributed by atoms with Gasteiger partial charge in [0.1, 0.15) is 25.3 Å². The van der Waals surface area contributed by atoms with Crippen LogP contribution in [0.1, 0.15) is 56.6 Å². The van der Waals surface area contributed by atoms with Crippen LogP contribution in [0.5, 0.6) is 0 Å². The third kappa shape index (κ3) is 4.42. The lowest BCUT2D eigenvalue weighted by Gasteiger charge is -2.35. The number of likely N-dealkylation sites (tertiary alicyclic amines) is 1. The van der Waals surface area contributed by atoms with Crippen LogP contribution in [0.25, 0.3) is 0 Å². The van der Waals surface area contributed by atoms with Crippen molar-refractivity contribution in [2.75, 3.05) is 26.7 Å². The minimum atomic E-state index is -0.775. The van der Waals surface area contributed by atoms with Gasteiger partial charge in [-0.1, -0.05) is 93.3 Å². The quantitative estimate of drug-likeness (QED) is 0.413. The van der Waals surface area contributed by atoms with Crippen molar-refractivity contribution in [1.29, 1.82) is 0 Å². The Morgan fingerprint density at radius 2 is 1.24 bits per heavy atom. The van der Waals surface area contributed by atoms with E-state index >= 15 is 0 Å². The summed E-state index contributed by atoms with van der Waals surface area (Å²) >= 11 is 0. The van der Waals surface area contributed by atoms with E-state index < -0.39 is 5.79 Å². The molecule has 2 aliphatic rings. The minimum absolute atomic E-state index is 0.153. The normalized spacial score (nSPS) is 27.8. The largest absolute Gasteiger partial charge is 0.330 e. The molecule has 1 unspecified atom stereocenters. The second-order valence-corrected chi connectivity index (χ2v) is 9.14. The summed E-state index contributed by atoms with van der Waals surface area (Å²) in [4.78, 5) is 0. The van der Waals surface area contributed by atoms with Crippen LogP contribution < -0.4 is 0 Å². The molecule has 3 heteroatoms. The highest BCUT2D eigenvalue weighted by Crippen LogP contribution is 2.46. The molecule has 0 spiro atoms. The first-order valence-electron chi connectivity index (χ1n) is 11.5. The SMILES string of the molecule is CCCCCCCC[N+]1(C)C[C@@H]2OC(c3ccccc3)(c3ccccc3)O[C@@H]2C1. The van der Waals surface area contributed by atoms with Crippen molar-refractivity contribution in [3.8, 4) is 0 Å². The Balaban J connectivity index is 1.43. The third-order valence-corrected chi connectivity index (χ3v) is 6.65. The molecule has 0 N–H and O–H groups in total. The molecule has 3 nitrogen and oxygen atoms in total. The van der Waals surface area contributed by atoms with Crippen LogP contribution in [0, 0.1) is 0 Å². The van der Waals surface area contributed by atoms with E-state index in [0.29, 0.717) is 0 Å². The van der Waals surface area contributed by atoms with Crippen molar-refractivity contribution in [3.63, 3.8) is 0 Å². The average molecular weight is 395 g/mol. The highest BCUT2D eigenvalue weighted by atomic mass is 16.8. The third-order valence-electron chi connectivity index (χ3n) is 6.65. The lowest BCUT2D eigenvalue weighted by molar-refractivity contribution is -0.901. The molecule has 2 aromatic carbocycles. The predicted octanol–water partition coefficient (Wildman–Crippen LogP) is 5.49. The highest BCUT2D eigenvalue weighted by Gasteiger charge is 2.57. The van der Waals surface area contributed by atoms with Crippen LogP contribution in [-0.4, -0.2) is 43.4 Å². The molecule has 0 radical (unpaired) electrons. The predicted molar refractivity (Wildman–Crippen MR) is 118 cm³/mol. The van der Waals surface area contributed by atoms with Gasteiger partial charge in [-0.3, -0.25) is 0 Å². The summed E-state index contributed by atoms with van der Waals surface area (Å²) in [6, 6.07) is 20.9. The molecule has 2 aliphatic heterocycles. The van der Waals surface area contributed by atoms with Gasteiger partial charge in [0.2, 0.25) is 5.79 Å². The molecule has 4 rings (SSSR count). The van der Waals surface area contributed by atoms with Crippen LogP contribution in [0.2, 0.25) is 0 Å². The van der Waals surface area contributed by atoms with E-state index in [1.165, 1.54) is 45.1 Å². The summed E-state index contributed by atoms with van der Waals surface area (Å²) in [6.45, 7) is 5.59. The first-order valence-corrected chi connectivity index (χ1v) is 11.5. The lowest BCUT2D eigenvalue weighted by atomic mass is 9.97. The fourth-order valence-corrected chi connectivity index (χ4v) is 5.07. The molecular formula is C26H36NO2+. The number of hydrogen-bond acceptors (Lipinski definition) is 2. The first-order chi connectivity index (χ1) is 14.2. The first kappa shape index (κ1) is 20.6. The number of rotatable bonds is 9. The summed E-state index contributed by atoms with van der Waals surface area (Å²) < 4.78 is 14.6. The number of hydrogen-bond donors (Lipinski definition) is 0. The van der Waals surface area contributed by atoms with E-state index in [1.807, 2.05) is 12.1 Å². The van der Waals surface area contributed by atoms with Gasteiger partial charge < -0.3 is 14.0 Å². The van der Waals surface area contributed by atoms with Crippen LogP contribution in [0.15, 0.2) is 60.7 Å². The maximum absolute atomic E-state index is 6.76. The topological polar surface area (TPSA) is 18.5 Å². The Kier molecular flexibility index (Phi) is 6.38. The summed E-state index contributed by atoms with van der Waals surface area (Å²) in [7, 11) is 2.38. The van der Waals surface area contributed by atoms with Gasteiger partial charge in [0, 0.05) is 11.1 Å². The summed E-state index contributed by atoms with van der Waals surface area (Å²) in [5.74, 6) is -0.775. The van der Waals surface area contributed by atoms with Gasteiger partial charge in [-0.2, -0.15) is 0 Å². The van der Waals surface area contributed by atoms with E-state index in [9.17, 15) is 0 Å². The molecule has 0 saturated carbocycles. The summed E-state index contributed by atoms with van der Waals surface area (Å²) in [5.41, 5.74) is 2.18. The van der Waals surface area contributed by atoms with E-state index in [2.05, 4.69) is 62.5 Å². The Morgan fingerprint density at radius 3 is 1.76 bits per heavy atom. The van der Waals surface area contributed by atoms with Gasteiger partial charge in [-0.05, 0) is 12.8 Å². The maximum Gasteiger partial charge on any atom is 0.223 e. The number of benzene rings is 2. The molecule has 29 heavy (non-hydrogen) atoms. The van der Waals surface area contributed by atoms with E-state index in [4.69, 9.17) is 9.47 Å². The summed E-state index contributed by atoms with van der Waals surface area (Å²) in [6.07, 6.45) is 8.41. The summed E-state index contributed by atoms with van der Waals surface area (Å²) in [5, 5.41) is 0. The van der Waals surface area contributed by atoms with Gasteiger partial charge in [-0.15, -0.1) is 0 Å². The van der Waals surface area contributed by atoms with Crippen LogP contribution in [-0.2, 0) is 15.3 Å². The smallest absolute Gasteiger partial charge is 0.223 e. The lowest BCUT2D eigenvalue weighted by Crippen LogP contribution is -2.46. The van der Waals surface area contributed by atoms with Crippen molar-refractivity contribution in [2.24, 2.45) is 0 Å². The van der Waals surface area contributed by atoms with Crippen molar-refractivity contribution >= 4 is 0 Å². The molecule has 0 bridgehead atoms. The van der Waals surface area contributed by atoms with Crippen molar-refractivity contribution < 1.29 is 14.0 Å². The minimum Gasteiger partial charge on any atom is -0.330 e. The van der Waals surface area contributed by atoms with E-state index in [-0.39, 0.29) is 12.2 Å². The fourth-order valence-electron chi connectivity index (χ4n) is 5.07. The monoisotopic (exact) mass is 394 g/mol. The number of quaternary nitrogens is 1. The Morgan fingerprint density at radius 1 is 0.759 bits per heavy atom. The number of ether oxygens (including phenoxy) is 2. The molecule has 0 aromatic heterocycles. The van der Waals surface area contributed by atoms with E-state index in [0.717, 1.165) is 28.7 Å². The molecule has 3 atom stereocenters. The van der Waals surface area contributed by atoms with E-state index in [1.54, 1.807) is 0 Å². The van der Waals surface area contributed by atoms with Crippen LogP contribution >= 0.6 is 0 Å². The zero-order valence-corrected chi connectivity index (χ0v) is 18.1. The number of likely N-dealkylation sites (N-methyl/N-ethyl adjacent to an activating group) is 1. The fraction of sp³-hybridized carbons (Fsp3) is 0.538. The standard InChI is InChI=1S/C26H36NO2/c1-3-4-5-6-7-14-19-27(2)20-24-25(21-27)29-26(28-24,22-15-10-8-11-16-22)23-17-12-9-13-18-23/h8-13,15-18,24-25H,3-7,14,19-21H2,1-2H3/q+1/t24-,25+,27?. The van der Waals surface area contributed by atoms with Gasteiger partial charge in [-0.25, -0.2) is 0 Å². The molecule has 2 aromatic rings. The van der Waals surface area contributed by atoms with Gasteiger partial charge in [0.15, 0.2) is 0 Å². The molecule has 0 amide bonds. The zero-order chi connectivity index (χ0) is 20.2. The van der Waals surface area contributed by atoms with Crippen molar-refractivity contribution in [1.82, 2.24) is 0 Å². The van der Waals surface area contributed by atoms with Crippen LogP contribution in [0.4, 0.5) is 0 Å². The zero-order valence-electron chi connectivity index (χ0n) is 18.1.